The minimum atomic E-state index is 0.209. The van der Waals surface area contributed by atoms with Gasteiger partial charge in [-0.25, -0.2) is 0 Å². The van der Waals surface area contributed by atoms with Crippen molar-refractivity contribution in [3.8, 4) is 17.2 Å². The van der Waals surface area contributed by atoms with Crippen LogP contribution in [0, 0.1) is 6.92 Å². The Morgan fingerprint density at radius 1 is 1.36 bits per heavy atom. The molecule has 6 heteroatoms. The molecule has 0 aliphatic carbocycles. The highest BCUT2D eigenvalue weighted by atomic mass is 16.5. The lowest BCUT2D eigenvalue weighted by molar-refractivity contribution is 0.192. The third-order valence-electron chi connectivity index (χ3n) is 4.43. The molecule has 1 atom stereocenters. The quantitative estimate of drug-likeness (QED) is 0.787. The van der Waals surface area contributed by atoms with Gasteiger partial charge in [0.15, 0.2) is 5.82 Å². The second-order valence-electron chi connectivity index (χ2n) is 5.74. The zero-order valence-corrected chi connectivity index (χ0v) is 12.5. The van der Waals surface area contributed by atoms with E-state index in [1.54, 1.807) is 12.1 Å². The van der Waals surface area contributed by atoms with E-state index >= 15 is 0 Å². The van der Waals surface area contributed by atoms with Gasteiger partial charge in [0.2, 0.25) is 0 Å². The van der Waals surface area contributed by atoms with Crippen molar-refractivity contribution in [1.29, 1.82) is 0 Å². The molecule has 1 aliphatic heterocycles. The number of nitrogens with zero attached hydrogens (tertiary/aromatic N) is 3. The highest BCUT2D eigenvalue weighted by Crippen LogP contribution is 2.35. The van der Waals surface area contributed by atoms with Gasteiger partial charge in [-0.2, -0.15) is 4.98 Å². The van der Waals surface area contributed by atoms with E-state index in [0.717, 1.165) is 35.2 Å². The lowest BCUT2D eigenvalue weighted by Crippen LogP contribution is -1.99. The maximum atomic E-state index is 9.79. The number of hydrogen-bond donors (Lipinski definition) is 1. The normalized spacial score (nSPS) is 18.4. The van der Waals surface area contributed by atoms with E-state index < -0.39 is 0 Å². The summed E-state index contributed by atoms with van der Waals surface area (Å²) in [5.74, 6) is 1.63. The van der Waals surface area contributed by atoms with Crippen LogP contribution < -0.4 is 0 Å². The van der Waals surface area contributed by atoms with Crippen LogP contribution in [0.25, 0.3) is 22.4 Å². The molecular weight excluding hydrogens is 282 g/mol. The molecule has 22 heavy (non-hydrogen) atoms. The van der Waals surface area contributed by atoms with Crippen molar-refractivity contribution in [3.63, 3.8) is 0 Å². The van der Waals surface area contributed by atoms with Crippen molar-refractivity contribution < 1.29 is 14.4 Å². The van der Waals surface area contributed by atoms with Crippen LogP contribution in [0.15, 0.2) is 22.7 Å². The van der Waals surface area contributed by atoms with Gasteiger partial charge in [0.25, 0.3) is 5.89 Å². The molecule has 114 valence electrons. The predicted octanol–water partition coefficient (Wildman–Crippen LogP) is 2.75. The van der Waals surface area contributed by atoms with Gasteiger partial charge in [-0.1, -0.05) is 5.16 Å². The fraction of sp³-hybridized carbons (Fsp3) is 0.375. The molecule has 0 bridgehead atoms. The summed E-state index contributed by atoms with van der Waals surface area (Å²) in [4.78, 5) is 4.56. The van der Waals surface area contributed by atoms with Crippen LogP contribution in [0.4, 0.5) is 0 Å². The minimum Gasteiger partial charge on any atom is -0.508 e. The first-order valence-electron chi connectivity index (χ1n) is 7.35. The lowest BCUT2D eigenvalue weighted by atomic mass is 10.1. The number of phenols is 1. The molecule has 1 fully saturated rings. The molecule has 6 nitrogen and oxygen atoms in total. The molecular formula is C16H17N3O3. The molecule has 3 aromatic rings. The number of benzene rings is 1. The average Bonchev–Trinajstić information content (AvgIpc) is 3.21. The van der Waals surface area contributed by atoms with E-state index in [4.69, 9.17) is 9.26 Å². The van der Waals surface area contributed by atoms with Crippen LogP contribution in [0.2, 0.25) is 0 Å². The maximum Gasteiger partial charge on any atom is 0.260 e. The number of ether oxygens (including phenoxy) is 1. The van der Waals surface area contributed by atoms with Gasteiger partial charge in [-0.05, 0) is 31.5 Å². The Balaban J connectivity index is 1.87. The van der Waals surface area contributed by atoms with Crippen LogP contribution in [0.1, 0.15) is 23.9 Å². The molecule has 1 saturated heterocycles. The van der Waals surface area contributed by atoms with Gasteiger partial charge >= 0.3 is 0 Å². The summed E-state index contributed by atoms with van der Waals surface area (Å²) in [6.45, 7) is 3.40. The first-order chi connectivity index (χ1) is 10.6. The molecule has 1 unspecified atom stereocenters. The highest BCUT2D eigenvalue weighted by molar-refractivity contribution is 5.96. The van der Waals surface area contributed by atoms with Crippen LogP contribution >= 0.6 is 0 Å². The van der Waals surface area contributed by atoms with Crippen molar-refractivity contribution in [3.05, 3.63) is 29.7 Å². The first kappa shape index (κ1) is 13.3. The van der Waals surface area contributed by atoms with Crippen molar-refractivity contribution >= 4 is 10.9 Å². The van der Waals surface area contributed by atoms with E-state index in [0.29, 0.717) is 18.3 Å². The summed E-state index contributed by atoms with van der Waals surface area (Å²) in [5.41, 5.74) is 2.93. The van der Waals surface area contributed by atoms with Crippen molar-refractivity contribution in [1.82, 2.24) is 14.7 Å². The molecule has 1 N–H and O–H groups in total. The summed E-state index contributed by atoms with van der Waals surface area (Å²) in [7, 11) is 1.99. The van der Waals surface area contributed by atoms with Gasteiger partial charge in [0.05, 0.1) is 12.2 Å². The largest absolute Gasteiger partial charge is 0.508 e. The number of aromatic nitrogens is 3. The number of fused-ring (bicyclic) bond motifs is 1. The zero-order valence-electron chi connectivity index (χ0n) is 12.5. The standard InChI is InChI=1S/C16H17N3O3/c1-9-14(12-7-11(20)3-4-13(12)19(9)2)16-17-15(18-22-16)10-5-6-21-8-10/h3-4,7,10,20H,5-6,8H2,1-2H3. The van der Waals surface area contributed by atoms with Crippen molar-refractivity contribution in [2.45, 2.75) is 19.3 Å². The van der Waals surface area contributed by atoms with E-state index in [9.17, 15) is 5.11 Å². The fourth-order valence-corrected chi connectivity index (χ4v) is 3.07. The van der Waals surface area contributed by atoms with Crippen LogP contribution in [0.5, 0.6) is 5.75 Å². The number of aryl methyl sites for hydroxylation is 1. The van der Waals surface area contributed by atoms with Crippen molar-refractivity contribution in [2.75, 3.05) is 13.2 Å². The molecule has 3 heterocycles. The lowest BCUT2D eigenvalue weighted by Gasteiger charge is -1.98. The molecule has 2 aromatic heterocycles. The molecule has 1 aliphatic rings. The summed E-state index contributed by atoms with van der Waals surface area (Å²) < 4.78 is 12.9. The molecule has 1 aromatic carbocycles. The third-order valence-corrected chi connectivity index (χ3v) is 4.43. The Hall–Kier alpha value is -2.34. The van der Waals surface area contributed by atoms with Gasteiger partial charge in [-0.3, -0.25) is 0 Å². The maximum absolute atomic E-state index is 9.79. The predicted molar refractivity (Wildman–Crippen MR) is 80.8 cm³/mol. The van der Waals surface area contributed by atoms with E-state index in [1.807, 2.05) is 20.0 Å². The Bertz CT molecular complexity index is 844. The highest BCUT2D eigenvalue weighted by Gasteiger charge is 2.25. The zero-order chi connectivity index (χ0) is 15.3. The number of aromatic hydroxyl groups is 1. The van der Waals surface area contributed by atoms with Gasteiger partial charge in [0, 0.05) is 36.2 Å². The van der Waals surface area contributed by atoms with Gasteiger partial charge in [-0.15, -0.1) is 0 Å². The Kier molecular flexibility index (Phi) is 2.94. The molecule has 0 saturated carbocycles. The monoisotopic (exact) mass is 299 g/mol. The summed E-state index contributed by atoms with van der Waals surface area (Å²) in [5, 5.41) is 14.8. The molecule has 0 radical (unpaired) electrons. The number of hydrogen-bond acceptors (Lipinski definition) is 5. The minimum absolute atomic E-state index is 0.209. The fourth-order valence-electron chi connectivity index (χ4n) is 3.07. The molecule has 4 rings (SSSR count). The summed E-state index contributed by atoms with van der Waals surface area (Å²) >= 11 is 0. The van der Waals surface area contributed by atoms with E-state index in [2.05, 4.69) is 14.7 Å². The van der Waals surface area contributed by atoms with E-state index in [1.165, 1.54) is 0 Å². The number of rotatable bonds is 2. The molecule has 0 spiro atoms. The summed E-state index contributed by atoms with van der Waals surface area (Å²) in [6, 6.07) is 5.31. The van der Waals surface area contributed by atoms with Crippen LogP contribution in [-0.2, 0) is 11.8 Å². The third kappa shape index (κ3) is 1.91. The SMILES string of the molecule is Cc1c(-c2nc(C3CCOC3)no2)c2cc(O)ccc2n1C. The Morgan fingerprint density at radius 2 is 2.23 bits per heavy atom. The van der Waals surface area contributed by atoms with E-state index in [-0.39, 0.29) is 11.7 Å². The van der Waals surface area contributed by atoms with Crippen LogP contribution in [-0.4, -0.2) is 33.0 Å². The Morgan fingerprint density at radius 3 is 3.00 bits per heavy atom. The van der Waals surface area contributed by atoms with Gasteiger partial charge < -0.3 is 18.9 Å². The van der Waals surface area contributed by atoms with Crippen LogP contribution in [0.3, 0.4) is 0 Å². The average molecular weight is 299 g/mol. The smallest absolute Gasteiger partial charge is 0.260 e. The first-order valence-corrected chi connectivity index (χ1v) is 7.35. The van der Waals surface area contributed by atoms with Crippen molar-refractivity contribution in [2.24, 2.45) is 7.05 Å². The summed E-state index contributed by atoms with van der Waals surface area (Å²) in [6.07, 6.45) is 0.925. The second kappa shape index (κ2) is 4.84. The topological polar surface area (TPSA) is 73.3 Å². The number of phenolic OH excluding ortho intramolecular Hbond substituents is 1. The molecule has 0 amide bonds. The van der Waals surface area contributed by atoms with Gasteiger partial charge in [0.1, 0.15) is 5.75 Å². The second-order valence-corrected chi connectivity index (χ2v) is 5.74. The Labute approximate surface area is 127 Å².